The Balaban J connectivity index is 1.94. The summed E-state index contributed by atoms with van der Waals surface area (Å²) in [5, 5.41) is 52.0. The van der Waals surface area contributed by atoms with E-state index in [-0.39, 0.29) is 44.7 Å². The molecule has 3 aliphatic heterocycles. The number of esters is 1. The lowest BCUT2D eigenvalue weighted by molar-refractivity contribution is -0.160. The predicted octanol–water partition coefficient (Wildman–Crippen LogP) is 5.53. The van der Waals surface area contributed by atoms with Gasteiger partial charge < -0.3 is 49.4 Å². The number of hydrogen-bond acceptors (Lipinski definition) is 14. The fourth-order valence-corrected chi connectivity index (χ4v) is 8.06. The minimum Gasteiger partial charge on any atom is -0.507 e. The van der Waals surface area contributed by atoms with Gasteiger partial charge in [-0.2, -0.15) is 0 Å². The fourth-order valence-electron chi connectivity index (χ4n) is 8.06. The third kappa shape index (κ3) is 9.98. The van der Waals surface area contributed by atoms with Crippen LogP contribution >= 0.6 is 0 Å². The number of amides is 2. The number of ether oxygens (including phenoxy) is 5. The molecule has 16 nitrogen and oxygen atoms in total. The van der Waals surface area contributed by atoms with Crippen LogP contribution in [0.2, 0.25) is 0 Å². The number of aliphatic hydroxyl groups excluding tert-OH is 2. The number of anilines is 1. The monoisotopic (exact) mass is 853 g/mol. The number of aliphatic hydroxyl groups is 2. The number of hydrogen-bond donors (Lipinski definition) is 5. The number of aromatic hydroxyl groups is 2. The van der Waals surface area contributed by atoms with E-state index in [2.05, 4.69) is 5.32 Å². The number of Topliss-reactive ketones (excluding diaryl/α,β-unsaturated/α-hetero) is 1. The van der Waals surface area contributed by atoms with Crippen molar-refractivity contribution >= 4 is 40.0 Å². The van der Waals surface area contributed by atoms with Crippen molar-refractivity contribution in [3.63, 3.8) is 0 Å². The molecular weight excluding hydrogens is 791 g/mol. The summed E-state index contributed by atoms with van der Waals surface area (Å²) in [4.78, 5) is 54.1. The number of likely N-dealkylation sites (N-methyl/N-ethyl adjacent to an activating group) is 1. The van der Waals surface area contributed by atoms with E-state index < -0.39 is 95.5 Å². The molecule has 3 aliphatic rings. The highest BCUT2D eigenvalue weighted by Crippen LogP contribution is 2.54. The molecule has 0 aromatic heterocycles. The molecule has 0 aliphatic carbocycles. The summed E-state index contributed by atoms with van der Waals surface area (Å²) >= 11 is 0. The zero-order valence-corrected chi connectivity index (χ0v) is 37.3. The number of nitrogens with one attached hydrogen (secondary N) is 1. The first-order valence-corrected chi connectivity index (χ1v) is 20.7. The molecule has 16 heteroatoms. The van der Waals surface area contributed by atoms with Crippen LogP contribution in [0.3, 0.4) is 0 Å². The average Bonchev–Trinajstić information content (AvgIpc) is 3.49. The molecule has 0 radical (unpaired) electrons. The van der Waals surface area contributed by atoms with E-state index in [9.17, 15) is 39.6 Å². The molecule has 5 rings (SSSR count). The number of benzene rings is 2. The van der Waals surface area contributed by atoms with Crippen LogP contribution in [-0.2, 0) is 28.6 Å². The van der Waals surface area contributed by atoms with Gasteiger partial charge in [-0.1, -0.05) is 59.8 Å². The number of carbonyl (C=O) groups excluding carboxylic acids is 4. The summed E-state index contributed by atoms with van der Waals surface area (Å²) < 4.78 is 29.9. The number of methoxy groups -OCH3 is 1. The van der Waals surface area contributed by atoms with E-state index in [1.807, 2.05) is 25.8 Å². The summed E-state index contributed by atoms with van der Waals surface area (Å²) in [6.45, 7) is 19.1. The van der Waals surface area contributed by atoms with Crippen molar-refractivity contribution in [1.29, 1.82) is 0 Å². The van der Waals surface area contributed by atoms with Crippen molar-refractivity contribution in [2.75, 3.05) is 38.7 Å². The van der Waals surface area contributed by atoms with Crippen LogP contribution in [0.1, 0.15) is 85.2 Å². The Labute approximate surface area is 357 Å². The van der Waals surface area contributed by atoms with Gasteiger partial charge in [0.1, 0.15) is 23.4 Å². The standard InChI is InChI=1S/C45H63N3O13/c1-13-47(14-2)48(15-3)33(50)22-58-32-21-30-40(54)35-34(32)36-42(28(9)39(35)53)61-45(11,43(36)55)59-20-19-31(57-12)25(6)41(60-29(10)49)27(8)38(52)26(7)37(51)23(4)17-16-18-24(5)44(56)46-30/h16-21,23,25-27,31,37-38,41,51-54H,13-15,22H2,1-12H3,(H,46,56). The molecule has 0 saturated carbocycles. The normalized spacial score (nSPS) is 27.4. The third-order valence-corrected chi connectivity index (χ3v) is 11.8. The predicted molar refractivity (Wildman–Crippen MR) is 228 cm³/mol. The van der Waals surface area contributed by atoms with Crippen molar-refractivity contribution in [1.82, 2.24) is 10.0 Å². The smallest absolute Gasteiger partial charge is 0.312 e. The first-order valence-electron chi connectivity index (χ1n) is 20.7. The molecule has 2 aromatic carbocycles. The SMILES string of the molecule is CCN(CC)N(CC)C(=O)COc1cc2c(O)c3c(O)c(C)c4c(c13)C(=O)C(C)(OC=CC(OC)C(C)C(OC(C)=O)C(C)C(O)C(C)C(O)C(C)C=CC=C(C)C(=O)N2)O4. The summed E-state index contributed by atoms with van der Waals surface area (Å²) in [6, 6.07) is 1.27. The molecule has 0 spiro atoms. The largest absolute Gasteiger partial charge is 0.507 e. The van der Waals surface area contributed by atoms with Gasteiger partial charge in [-0.25, -0.2) is 5.01 Å². The molecule has 2 amide bonds. The van der Waals surface area contributed by atoms with E-state index in [4.69, 9.17) is 23.7 Å². The van der Waals surface area contributed by atoms with Crippen LogP contribution in [-0.4, -0.2) is 118 Å². The molecule has 0 fully saturated rings. The van der Waals surface area contributed by atoms with Crippen LogP contribution < -0.4 is 14.8 Å². The molecule has 5 bridgehead atoms. The van der Waals surface area contributed by atoms with Crippen LogP contribution in [0.25, 0.3) is 10.8 Å². The van der Waals surface area contributed by atoms with Crippen molar-refractivity contribution < 1.29 is 63.3 Å². The molecule has 3 heterocycles. The van der Waals surface area contributed by atoms with Crippen LogP contribution in [0.15, 0.2) is 42.2 Å². The zero-order valence-electron chi connectivity index (χ0n) is 37.3. The van der Waals surface area contributed by atoms with Gasteiger partial charge in [-0.15, -0.1) is 0 Å². The second-order valence-electron chi connectivity index (χ2n) is 15.9. The summed E-state index contributed by atoms with van der Waals surface area (Å²) in [5.74, 6) is -8.12. The molecule has 9 atom stereocenters. The first-order chi connectivity index (χ1) is 28.7. The first kappa shape index (κ1) is 48.5. The van der Waals surface area contributed by atoms with Gasteiger partial charge in [0, 0.05) is 86.9 Å². The van der Waals surface area contributed by atoms with Gasteiger partial charge >= 0.3 is 11.8 Å². The van der Waals surface area contributed by atoms with E-state index in [1.54, 1.807) is 39.8 Å². The van der Waals surface area contributed by atoms with Crippen LogP contribution in [0.5, 0.6) is 23.0 Å². The number of carbonyl (C=O) groups is 4. The maximum absolute atomic E-state index is 14.6. The van der Waals surface area contributed by atoms with Gasteiger partial charge in [0.05, 0.1) is 41.2 Å². The second-order valence-corrected chi connectivity index (χ2v) is 15.9. The highest BCUT2D eigenvalue weighted by atomic mass is 16.7. The number of phenolic OH excluding ortho intramolecular Hbond substituents is 2. The van der Waals surface area contributed by atoms with Gasteiger partial charge in [0.2, 0.25) is 0 Å². The van der Waals surface area contributed by atoms with E-state index in [0.717, 1.165) is 0 Å². The quantitative estimate of drug-likeness (QED) is 0.119. The molecule has 61 heavy (non-hydrogen) atoms. The number of allylic oxidation sites excluding steroid dienone is 2. The van der Waals surface area contributed by atoms with Crippen molar-refractivity contribution in [2.45, 2.75) is 106 Å². The minimum absolute atomic E-state index is 0.0624. The van der Waals surface area contributed by atoms with E-state index in [0.29, 0.717) is 19.6 Å². The zero-order chi connectivity index (χ0) is 45.7. The molecular formula is C45H63N3O13. The Morgan fingerprint density at radius 1 is 0.918 bits per heavy atom. The third-order valence-electron chi connectivity index (χ3n) is 11.8. The second kappa shape index (κ2) is 20.1. The Hall–Kier alpha value is -5.16. The van der Waals surface area contributed by atoms with Gasteiger partial charge in [-0.05, 0) is 26.8 Å². The topological polar surface area (TPSA) is 214 Å². The summed E-state index contributed by atoms with van der Waals surface area (Å²) in [5.41, 5.74) is -0.0287. The van der Waals surface area contributed by atoms with Crippen LogP contribution in [0.4, 0.5) is 5.69 Å². The Morgan fingerprint density at radius 2 is 1.57 bits per heavy atom. The Morgan fingerprint density at radius 3 is 2.16 bits per heavy atom. The van der Waals surface area contributed by atoms with E-state index >= 15 is 0 Å². The number of rotatable bonds is 9. The number of hydrazine groups is 1. The highest BCUT2D eigenvalue weighted by molar-refractivity contribution is 6.21. The number of ketones is 1. The van der Waals surface area contributed by atoms with Gasteiger partial charge in [0.15, 0.2) is 12.4 Å². The lowest BCUT2D eigenvalue weighted by Gasteiger charge is -2.38. The van der Waals surface area contributed by atoms with Crippen molar-refractivity contribution in [2.24, 2.45) is 23.7 Å². The van der Waals surface area contributed by atoms with Crippen LogP contribution in [0, 0.1) is 30.6 Å². The minimum atomic E-state index is -2.03. The maximum atomic E-state index is 14.6. The highest BCUT2D eigenvalue weighted by Gasteiger charge is 2.50. The number of fused-ring (bicyclic) bond motifs is 14. The fraction of sp³-hybridized carbons (Fsp3) is 0.556. The Bertz CT molecular complexity index is 2060. The van der Waals surface area contributed by atoms with Crippen molar-refractivity contribution in [3.8, 4) is 23.0 Å². The lowest BCUT2D eigenvalue weighted by atomic mass is 9.78. The summed E-state index contributed by atoms with van der Waals surface area (Å²) in [6.07, 6.45) is 3.59. The maximum Gasteiger partial charge on any atom is 0.312 e. The molecule has 2 aromatic rings. The number of nitrogens with zero attached hydrogens (tertiary/aromatic N) is 2. The Kier molecular flexibility index (Phi) is 16.0. The molecule has 5 N–H and O–H groups in total. The van der Waals surface area contributed by atoms with E-state index in [1.165, 1.54) is 64.3 Å². The molecule has 9 unspecified atom stereocenters. The molecule has 0 saturated heterocycles. The molecule has 336 valence electrons. The van der Waals surface area contributed by atoms with Gasteiger partial charge in [-0.3, -0.25) is 24.2 Å². The number of phenols is 2. The van der Waals surface area contributed by atoms with Crippen molar-refractivity contribution in [3.05, 3.63) is 53.3 Å². The average molecular weight is 854 g/mol. The van der Waals surface area contributed by atoms with Gasteiger partial charge in [0.25, 0.3) is 17.6 Å². The lowest BCUT2D eigenvalue weighted by Crippen LogP contribution is -2.48. The summed E-state index contributed by atoms with van der Waals surface area (Å²) in [7, 11) is 1.44.